The van der Waals surface area contributed by atoms with Gasteiger partial charge in [-0.3, -0.25) is 0 Å². The first-order valence-electron chi connectivity index (χ1n) is 6.52. The van der Waals surface area contributed by atoms with Gasteiger partial charge in [0.15, 0.2) is 0 Å². The van der Waals surface area contributed by atoms with E-state index < -0.39 is 0 Å². The number of ether oxygens (including phenoxy) is 1. The number of fused-ring (bicyclic) bond motifs is 1. The first-order valence-corrected chi connectivity index (χ1v) is 8.13. The molecule has 1 atom stereocenters. The number of halogens is 1. The van der Waals surface area contributed by atoms with E-state index in [1.165, 1.54) is 14.2 Å². The third-order valence-corrected chi connectivity index (χ3v) is 5.03. The lowest BCUT2D eigenvalue weighted by molar-refractivity contribution is 0.253. The van der Waals surface area contributed by atoms with Crippen LogP contribution in [0.4, 0.5) is 0 Å². The van der Waals surface area contributed by atoms with Crippen LogP contribution in [0.3, 0.4) is 0 Å². The van der Waals surface area contributed by atoms with E-state index in [1.807, 2.05) is 17.4 Å². The van der Waals surface area contributed by atoms with Crippen LogP contribution < -0.4 is 10.1 Å². The van der Waals surface area contributed by atoms with Crippen molar-refractivity contribution < 1.29 is 4.74 Å². The maximum Gasteiger partial charge on any atom is 0.124 e. The molecular formula is C15H16BrNOS. The van der Waals surface area contributed by atoms with E-state index in [-0.39, 0.29) is 0 Å². The second-order valence-corrected chi connectivity index (χ2v) is 7.19. The fraction of sp³-hybridized carbons (Fsp3) is 0.333. The number of benzene rings is 1. The summed E-state index contributed by atoms with van der Waals surface area (Å²) in [4.78, 5) is 1.42. The topological polar surface area (TPSA) is 21.3 Å². The molecule has 4 heteroatoms. The van der Waals surface area contributed by atoms with Crippen LogP contribution in [-0.4, -0.2) is 13.2 Å². The summed E-state index contributed by atoms with van der Waals surface area (Å²) in [5.74, 6) is 1.03. The van der Waals surface area contributed by atoms with Crippen molar-refractivity contribution >= 4 is 27.3 Å². The second-order valence-electron chi connectivity index (χ2n) is 4.64. The Bertz CT molecular complexity index is 555. The fourth-order valence-electron chi connectivity index (χ4n) is 2.41. The van der Waals surface area contributed by atoms with Crippen LogP contribution in [0, 0.1) is 0 Å². The van der Waals surface area contributed by atoms with E-state index in [4.69, 9.17) is 4.74 Å². The molecule has 1 aromatic heterocycles. The van der Waals surface area contributed by atoms with E-state index in [2.05, 4.69) is 51.6 Å². The van der Waals surface area contributed by atoms with Crippen LogP contribution >= 0.6 is 27.3 Å². The molecule has 3 rings (SSSR count). The Morgan fingerprint density at radius 1 is 1.26 bits per heavy atom. The summed E-state index contributed by atoms with van der Waals surface area (Å²) in [5.41, 5.74) is 1.29. The Balaban J connectivity index is 1.59. The lowest BCUT2D eigenvalue weighted by Gasteiger charge is -2.26. The zero-order valence-electron chi connectivity index (χ0n) is 10.6. The van der Waals surface area contributed by atoms with Crippen LogP contribution in [0.15, 0.2) is 40.2 Å². The number of thiophene rings is 1. The third kappa shape index (κ3) is 3.19. The highest BCUT2D eigenvalue weighted by Crippen LogP contribution is 2.31. The van der Waals surface area contributed by atoms with Gasteiger partial charge >= 0.3 is 0 Å². The fourth-order valence-corrected chi connectivity index (χ4v) is 3.89. The molecule has 0 spiro atoms. The van der Waals surface area contributed by atoms with Gasteiger partial charge in [-0.2, -0.15) is 0 Å². The van der Waals surface area contributed by atoms with Gasteiger partial charge in [0, 0.05) is 29.4 Å². The predicted molar refractivity (Wildman–Crippen MR) is 83.0 cm³/mol. The Kier molecular flexibility index (Phi) is 4.21. The SMILES string of the molecule is Brc1ccc(CCNC2CCOc3ccccc32)s1. The molecule has 1 aliphatic heterocycles. The highest BCUT2D eigenvalue weighted by atomic mass is 79.9. The van der Waals surface area contributed by atoms with Gasteiger partial charge in [-0.1, -0.05) is 18.2 Å². The molecule has 0 amide bonds. The van der Waals surface area contributed by atoms with E-state index in [0.29, 0.717) is 6.04 Å². The van der Waals surface area contributed by atoms with Crippen LogP contribution in [0.25, 0.3) is 0 Å². The minimum absolute atomic E-state index is 0.424. The first kappa shape index (κ1) is 13.2. The average Bonchev–Trinajstić information content (AvgIpc) is 2.85. The maximum absolute atomic E-state index is 5.68. The van der Waals surface area contributed by atoms with Gasteiger partial charge in [-0.05, 0) is 40.5 Å². The van der Waals surface area contributed by atoms with Crippen molar-refractivity contribution in [1.82, 2.24) is 5.32 Å². The number of nitrogens with one attached hydrogen (secondary N) is 1. The molecule has 2 nitrogen and oxygen atoms in total. The van der Waals surface area contributed by atoms with Crippen molar-refractivity contribution in [2.45, 2.75) is 18.9 Å². The van der Waals surface area contributed by atoms with Crippen molar-refractivity contribution in [1.29, 1.82) is 0 Å². The number of hydrogen-bond donors (Lipinski definition) is 1. The standard InChI is InChI=1S/C15H16BrNOS/c16-15-6-5-11(19-15)7-9-17-13-8-10-18-14-4-2-1-3-12(13)14/h1-6,13,17H,7-10H2. The number of rotatable bonds is 4. The zero-order valence-corrected chi connectivity index (χ0v) is 13.0. The number of para-hydroxylation sites is 1. The van der Waals surface area contributed by atoms with Crippen LogP contribution in [0.5, 0.6) is 5.75 Å². The largest absolute Gasteiger partial charge is 0.493 e. The Hall–Kier alpha value is -0.840. The van der Waals surface area contributed by atoms with Crippen molar-refractivity contribution in [3.8, 4) is 5.75 Å². The summed E-state index contributed by atoms with van der Waals surface area (Å²) < 4.78 is 6.88. The maximum atomic E-state index is 5.68. The first-order chi connectivity index (χ1) is 9.33. The summed E-state index contributed by atoms with van der Waals surface area (Å²) >= 11 is 5.32. The molecule has 1 unspecified atom stereocenters. The van der Waals surface area contributed by atoms with Crippen molar-refractivity contribution in [2.75, 3.05) is 13.2 Å². The monoisotopic (exact) mass is 337 g/mol. The molecular weight excluding hydrogens is 322 g/mol. The molecule has 1 aliphatic rings. The van der Waals surface area contributed by atoms with E-state index in [0.717, 1.165) is 31.7 Å². The van der Waals surface area contributed by atoms with Gasteiger partial charge < -0.3 is 10.1 Å². The zero-order chi connectivity index (χ0) is 13.1. The summed E-state index contributed by atoms with van der Waals surface area (Å²) in [6, 6.07) is 13.1. The van der Waals surface area contributed by atoms with Gasteiger partial charge in [-0.15, -0.1) is 11.3 Å². The lowest BCUT2D eigenvalue weighted by atomic mass is 10.0. The Morgan fingerprint density at radius 2 is 2.16 bits per heavy atom. The third-order valence-electron chi connectivity index (χ3n) is 3.35. The minimum Gasteiger partial charge on any atom is -0.493 e. The molecule has 0 radical (unpaired) electrons. The summed E-state index contributed by atoms with van der Waals surface area (Å²) in [5, 5.41) is 3.65. The molecule has 1 N–H and O–H groups in total. The van der Waals surface area contributed by atoms with E-state index >= 15 is 0 Å². The highest BCUT2D eigenvalue weighted by Gasteiger charge is 2.19. The molecule has 0 bridgehead atoms. The van der Waals surface area contributed by atoms with Crippen LogP contribution in [0.2, 0.25) is 0 Å². The lowest BCUT2D eigenvalue weighted by Crippen LogP contribution is -2.28. The molecule has 0 aliphatic carbocycles. The van der Waals surface area contributed by atoms with Crippen molar-refractivity contribution in [3.05, 3.63) is 50.6 Å². The molecule has 2 aromatic rings. The molecule has 1 aromatic carbocycles. The average molecular weight is 338 g/mol. The van der Waals surface area contributed by atoms with Crippen LogP contribution in [-0.2, 0) is 6.42 Å². The molecule has 19 heavy (non-hydrogen) atoms. The summed E-state index contributed by atoms with van der Waals surface area (Å²) in [6.45, 7) is 1.81. The molecule has 0 fully saturated rings. The smallest absolute Gasteiger partial charge is 0.124 e. The second kappa shape index (κ2) is 6.07. The highest BCUT2D eigenvalue weighted by molar-refractivity contribution is 9.11. The van der Waals surface area contributed by atoms with Gasteiger partial charge in [0.2, 0.25) is 0 Å². The number of hydrogen-bond acceptors (Lipinski definition) is 3. The molecule has 100 valence electrons. The summed E-state index contributed by atoms with van der Waals surface area (Å²) in [6.07, 6.45) is 2.13. The quantitative estimate of drug-likeness (QED) is 0.904. The van der Waals surface area contributed by atoms with Gasteiger partial charge in [-0.25, -0.2) is 0 Å². The van der Waals surface area contributed by atoms with E-state index in [9.17, 15) is 0 Å². The molecule has 2 heterocycles. The summed E-state index contributed by atoms with van der Waals surface area (Å²) in [7, 11) is 0. The Morgan fingerprint density at radius 3 is 3.00 bits per heavy atom. The normalized spacial score (nSPS) is 17.8. The van der Waals surface area contributed by atoms with Gasteiger partial charge in [0.25, 0.3) is 0 Å². The van der Waals surface area contributed by atoms with Gasteiger partial charge in [0.05, 0.1) is 10.4 Å². The predicted octanol–water partition coefficient (Wildman–Crippen LogP) is 4.17. The van der Waals surface area contributed by atoms with Gasteiger partial charge in [0.1, 0.15) is 5.75 Å². The van der Waals surface area contributed by atoms with Crippen molar-refractivity contribution in [3.63, 3.8) is 0 Å². The molecule has 0 saturated carbocycles. The Labute approximate surface area is 125 Å². The van der Waals surface area contributed by atoms with Crippen molar-refractivity contribution in [2.24, 2.45) is 0 Å². The minimum atomic E-state index is 0.424. The molecule has 0 saturated heterocycles. The van der Waals surface area contributed by atoms with Crippen LogP contribution in [0.1, 0.15) is 22.9 Å². The van der Waals surface area contributed by atoms with E-state index in [1.54, 1.807) is 0 Å².